The minimum absolute atomic E-state index is 0.237. The summed E-state index contributed by atoms with van der Waals surface area (Å²) in [7, 11) is 1.20. The molecule has 2 atom stereocenters. The number of ether oxygens (including phenoxy) is 2. The molecule has 0 saturated carbocycles. The summed E-state index contributed by atoms with van der Waals surface area (Å²) in [6.07, 6.45) is 1.37. The molecule has 0 aliphatic carbocycles. The van der Waals surface area contributed by atoms with Gasteiger partial charge in [-0.05, 0) is 26.2 Å². The molecular weight excluding hydrogens is 294 g/mol. The van der Waals surface area contributed by atoms with E-state index >= 15 is 0 Å². The molecule has 0 heterocycles. The smallest absolute Gasteiger partial charge is 0.328 e. The third-order valence-corrected chi connectivity index (χ3v) is 2.76. The van der Waals surface area contributed by atoms with Gasteiger partial charge in [-0.25, -0.2) is 4.79 Å². The number of carbonyl (C=O) groups is 4. The Labute approximate surface area is 128 Å². The second kappa shape index (κ2) is 11.5. The molecule has 0 rings (SSSR count). The van der Waals surface area contributed by atoms with Crippen molar-refractivity contribution >= 4 is 24.3 Å². The molecule has 22 heavy (non-hydrogen) atoms. The van der Waals surface area contributed by atoms with Crippen LogP contribution in [0.1, 0.15) is 26.2 Å². The molecule has 9 nitrogen and oxygen atoms in total. The van der Waals surface area contributed by atoms with Gasteiger partial charge in [-0.3, -0.25) is 14.4 Å². The second-order valence-electron chi connectivity index (χ2n) is 4.43. The predicted molar refractivity (Wildman–Crippen MR) is 76.5 cm³/mol. The zero-order chi connectivity index (χ0) is 17.0. The molecule has 2 unspecified atom stereocenters. The van der Waals surface area contributed by atoms with Gasteiger partial charge in [0.05, 0.1) is 20.3 Å². The first-order valence-corrected chi connectivity index (χ1v) is 6.92. The molecule has 0 aromatic carbocycles. The Balaban J connectivity index is 4.31. The van der Waals surface area contributed by atoms with Crippen LogP contribution in [0.25, 0.3) is 0 Å². The maximum absolute atomic E-state index is 11.6. The average molecular weight is 317 g/mol. The maximum Gasteiger partial charge on any atom is 0.328 e. The summed E-state index contributed by atoms with van der Waals surface area (Å²) in [5, 5.41) is 4.63. The first kappa shape index (κ1) is 19.8. The Morgan fingerprint density at radius 2 is 1.91 bits per heavy atom. The lowest BCUT2D eigenvalue weighted by molar-refractivity contribution is -0.145. The van der Waals surface area contributed by atoms with E-state index in [1.165, 1.54) is 7.11 Å². The van der Waals surface area contributed by atoms with Crippen LogP contribution >= 0.6 is 0 Å². The van der Waals surface area contributed by atoms with Crippen LogP contribution in [0.2, 0.25) is 0 Å². The van der Waals surface area contributed by atoms with Gasteiger partial charge in [-0.15, -0.1) is 0 Å². The fourth-order valence-corrected chi connectivity index (χ4v) is 1.68. The highest BCUT2D eigenvalue weighted by Gasteiger charge is 2.22. The van der Waals surface area contributed by atoms with Gasteiger partial charge in [-0.2, -0.15) is 0 Å². The lowest BCUT2D eigenvalue weighted by Gasteiger charge is -2.17. The van der Waals surface area contributed by atoms with E-state index < -0.39 is 29.9 Å². The van der Waals surface area contributed by atoms with Crippen molar-refractivity contribution < 1.29 is 28.7 Å². The summed E-state index contributed by atoms with van der Waals surface area (Å²) in [5.41, 5.74) is 5.64. The molecule has 0 spiro atoms. The van der Waals surface area contributed by atoms with Gasteiger partial charge in [0.15, 0.2) is 0 Å². The van der Waals surface area contributed by atoms with Crippen molar-refractivity contribution in [3.63, 3.8) is 0 Å². The number of nitrogens with one attached hydrogen (secondary N) is 2. The Morgan fingerprint density at radius 1 is 1.23 bits per heavy atom. The number of amides is 2. The van der Waals surface area contributed by atoms with Crippen LogP contribution in [0.3, 0.4) is 0 Å². The lowest BCUT2D eigenvalue weighted by atomic mass is 10.1. The largest absolute Gasteiger partial charge is 0.467 e. The summed E-state index contributed by atoms with van der Waals surface area (Å²) < 4.78 is 9.37. The highest BCUT2D eigenvalue weighted by molar-refractivity contribution is 5.86. The van der Waals surface area contributed by atoms with E-state index in [1.807, 2.05) is 0 Å². The maximum atomic E-state index is 11.6. The van der Waals surface area contributed by atoms with Crippen molar-refractivity contribution in [1.82, 2.24) is 10.6 Å². The van der Waals surface area contributed by atoms with Crippen molar-refractivity contribution in [3.05, 3.63) is 0 Å². The van der Waals surface area contributed by atoms with Crippen molar-refractivity contribution in [2.75, 3.05) is 20.3 Å². The average Bonchev–Trinajstić information content (AvgIpc) is 2.51. The van der Waals surface area contributed by atoms with Crippen molar-refractivity contribution in [1.29, 1.82) is 0 Å². The molecule has 0 aromatic heterocycles. The minimum atomic E-state index is -0.861. The Kier molecular flexibility index (Phi) is 10.4. The van der Waals surface area contributed by atoms with E-state index in [1.54, 1.807) is 6.92 Å². The van der Waals surface area contributed by atoms with Gasteiger partial charge in [0.2, 0.25) is 12.3 Å². The number of nitrogens with two attached hydrogens (primary N) is 1. The van der Waals surface area contributed by atoms with Crippen molar-refractivity contribution in [2.45, 2.75) is 38.3 Å². The topological polar surface area (TPSA) is 137 Å². The van der Waals surface area contributed by atoms with E-state index in [2.05, 4.69) is 15.4 Å². The standard InChI is InChI=1S/C13H23N3O6/c1-3-22-12(19)9(14)5-4-6-10(13(20)21-2)16-11(18)7-15-8-17/h8-10H,3-7,14H2,1-2H3,(H,15,17)(H,16,18). The molecule has 0 radical (unpaired) electrons. The molecule has 2 amide bonds. The summed E-state index contributed by atoms with van der Waals surface area (Å²) in [6, 6.07) is -1.63. The van der Waals surface area contributed by atoms with Crippen LogP contribution < -0.4 is 16.4 Å². The van der Waals surface area contributed by atoms with Crippen LogP contribution in [0.5, 0.6) is 0 Å². The molecule has 0 saturated heterocycles. The fraction of sp³-hybridized carbons (Fsp3) is 0.692. The van der Waals surface area contributed by atoms with Gasteiger partial charge in [-0.1, -0.05) is 0 Å². The molecule has 0 aromatic rings. The Hall–Kier alpha value is -2.16. The predicted octanol–water partition coefficient (Wildman–Crippen LogP) is -1.55. The molecule has 0 aliphatic rings. The van der Waals surface area contributed by atoms with E-state index in [0.717, 1.165) is 0 Å². The Bertz CT molecular complexity index is 388. The normalized spacial score (nSPS) is 12.7. The van der Waals surface area contributed by atoms with E-state index in [-0.39, 0.29) is 19.6 Å². The zero-order valence-electron chi connectivity index (χ0n) is 12.8. The third kappa shape index (κ3) is 8.20. The van der Waals surface area contributed by atoms with Crippen LogP contribution in [0, 0.1) is 0 Å². The zero-order valence-corrected chi connectivity index (χ0v) is 12.8. The highest BCUT2D eigenvalue weighted by Crippen LogP contribution is 2.06. The van der Waals surface area contributed by atoms with E-state index in [4.69, 9.17) is 10.5 Å². The number of rotatable bonds is 11. The SMILES string of the molecule is CCOC(=O)C(N)CCCC(NC(=O)CNC=O)C(=O)OC. The fourth-order valence-electron chi connectivity index (χ4n) is 1.68. The van der Waals surface area contributed by atoms with Gasteiger partial charge in [0.25, 0.3) is 0 Å². The molecule has 0 fully saturated rings. The minimum Gasteiger partial charge on any atom is -0.467 e. The van der Waals surface area contributed by atoms with Gasteiger partial charge in [0.1, 0.15) is 12.1 Å². The Morgan fingerprint density at radius 3 is 2.45 bits per heavy atom. The van der Waals surface area contributed by atoms with Crippen LogP contribution in [-0.2, 0) is 28.7 Å². The molecule has 126 valence electrons. The summed E-state index contributed by atoms with van der Waals surface area (Å²) in [4.78, 5) is 44.5. The van der Waals surface area contributed by atoms with Gasteiger partial charge in [0, 0.05) is 0 Å². The number of esters is 2. The third-order valence-electron chi connectivity index (χ3n) is 2.76. The number of methoxy groups -OCH3 is 1. The first-order valence-electron chi connectivity index (χ1n) is 6.92. The van der Waals surface area contributed by atoms with Crippen molar-refractivity contribution in [2.24, 2.45) is 5.73 Å². The monoisotopic (exact) mass is 317 g/mol. The lowest BCUT2D eigenvalue weighted by Crippen LogP contribution is -2.45. The summed E-state index contributed by atoms with van der Waals surface area (Å²) in [6.45, 7) is 1.69. The summed E-state index contributed by atoms with van der Waals surface area (Å²) in [5.74, 6) is -1.63. The molecular formula is C13H23N3O6. The number of hydrogen-bond donors (Lipinski definition) is 3. The summed E-state index contributed by atoms with van der Waals surface area (Å²) >= 11 is 0. The number of hydrogen-bond acceptors (Lipinski definition) is 7. The van der Waals surface area contributed by atoms with Crippen LogP contribution in [0.15, 0.2) is 0 Å². The molecule has 9 heteroatoms. The van der Waals surface area contributed by atoms with E-state index in [9.17, 15) is 19.2 Å². The highest BCUT2D eigenvalue weighted by atomic mass is 16.5. The first-order chi connectivity index (χ1) is 10.5. The van der Waals surface area contributed by atoms with Crippen LogP contribution in [0.4, 0.5) is 0 Å². The van der Waals surface area contributed by atoms with E-state index in [0.29, 0.717) is 19.3 Å². The quantitative estimate of drug-likeness (QED) is 0.310. The molecule has 0 bridgehead atoms. The van der Waals surface area contributed by atoms with Crippen LogP contribution in [-0.4, -0.2) is 56.6 Å². The molecule has 4 N–H and O–H groups in total. The number of carbonyl (C=O) groups excluding carboxylic acids is 4. The molecule has 0 aliphatic heterocycles. The second-order valence-corrected chi connectivity index (χ2v) is 4.43. The van der Waals surface area contributed by atoms with Crippen molar-refractivity contribution in [3.8, 4) is 0 Å². The van der Waals surface area contributed by atoms with Gasteiger partial charge < -0.3 is 25.8 Å². The van der Waals surface area contributed by atoms with Gasteiger partial charge >= 0.3 is 11.9 Å².